The summed E-state index contributed by atoms with van der Waals surface area (Å²) in [5.74, 6) is 0.920. The number of pyridine rings is 1. The molecule has 6 heteroatoms. The molecule has 3 rings (SSSR count). The molecule has 0 radical (unpaired) electrons. The molecule has 0 aliphatic rings. The molecule has 0 saturated heterocycles. The van der Waals surface area contributed by atoms with Gasteiger partial charge < -0.3 is 10.1 Å². The molecule has 0 amide bonds. The fraction of sp³-hybridized carbons (Fsp3) is 0.235. The lowest BCUT2D eigenvalue weighted by atomic mass is 10.1. The summed E-state index contributed by atoms with van der Waals surface area (Å²) in [4.78, 5) is 4.29. The van der Waals surface area contributed by atoms with E-state index in [0.29, 0.717) is 0 Å². The molecule has 0 spiro atoms. The molecule has 0 saturated carbocycles. The van der Waals surface area contributed by atoms with Crippen molar-refractivity contribution in [2.24, 2.45) is 0 Å². The second kappa shape index (κ2) is 7.19. The van der Waals surface area contributed by atoms with Gasteiger partial charge in [0.05, 0.1) is 7.11 Å². The Morgan fingerprint density at radius 2 is 2.09 bits per heavy atom. The number of hydrogen-bond donors (Lipinski definition) is 1. The lowest BCUT2D eigenvalue weighted by molar-refractivity contribution is 0.410. The zero-order valence-electron chi connectivity index (χ0n) is 13.1. The predicted octanol–water partition coefficient (Wildman–Crippen LogP) is 3.57. The Kier molecular flexibility index (Phi) is 4.83. The zero-order valence-corrected chi connectivity index (χ0v) is 13.9. The van der Waals surface area contributed by atoms with E-state index in [4.69, 9.17) is 4.74 Å². The highest BCUT2D eigenvalue weighted by Gasteiger charge is 2.08. The maximum atomic E-state index is 5.40. The largest absolute Gasteiger partial charge is 0.496 e. The molecule has 0 unspecified atom stereocenters. The van der Waals surface area contributed by atoms with Crippen LogP contribution in [-0.2, 0) is 6.42 Å². The van der Waals surface area contributed by atoms with E-state index in [-0.39, 0.29) is 0 Å². The van der Waals surface area contributed by atoms with E-state index in [9.17, 15) is 0 Å². The summed E-state index contributed by atoms with van der Waals surface area (Å²) >= 11 is 1.51. The molecule has 2 heterocycles. The fourth-order valence-electron chi connectivity index (χ4n) is 2.29. The molecule has 2 aromatic heterocycles. The summed E-state index contributed by atoms with van der Waals surface area (Å²) in [6.45, 7) is 2.86. The van der Waals surface area contributed by atoms with Crippen LogP contribution in [0.25, 0.3) is 10.7 Å². The molecule has 0 bridgehead atoms. The Hall–Kier alpha value is -2.47. The summed E-state index contributed by atoms with van der Waals surface area (Å²) in [5, 5.41) is 13.3. The first-order chi connectivity index (χ1) is 11.3. The van der Waals surface area contributed by atoms with Crippen molar-refractivity contribution in [2.45, 2.75) is 13.3 Å². The Morgan fingerprint density at radius 1 is 1.17 bits per heavy atom. The lowest BCUT2D eigenvalue weighted by Crippen LogP contribution is -2.06. The first-order valence-corrected chi connectivity index (χ1v) is 8.20. The maximum Gasteiger partial charge on any atom is 0.206 e. The van der Waals surface area contributed by atoms with Crippen LogP contribution in [0.15, 0.2) is 42.6 Å². The summed E-state index contributed by atoms with van der Waals surface area (Å²) in [5.41, 5.74) is 3.27. The second-order valence-electron chi connectivity index (χ2n) is 5.12. The highest BCUT2D eigenvalue weighted by Crippen LogP contribution is 2.25. The van der Waals surface area contributed by atoms with Crippen LogP contribution < -0.4 is 10.1 Å². The average molecular weight is 326 g/mol. The number of hydrogen-bond acceptors (Lipinski definition) is 6. The molecule has 0 aliphatic carbocycles. The van der Waals surface area contributed by atoms with E-state index in [1.165, 1.54) is 22.5 Å². The van der Waals surface area contributed by atoms with Crippen LogP contribution in [0.5, 0.6) is 5.75 Å². The molecule has 1 N–H and O–H groups in total. The van der Waals surface area contributed by atoms with Crippen LogP contribution in [0.2, 0.25) is 0 Å². The molecule has 5 nitrogen and oxygen atoms in total. The molecule has 3 aromatic rings. The molecule has 0 aliphatic heterocycles. The Morgan fingerprint density at radius 3 is 2.87 bits per heavy atom. The summed E-state index contributed by atoms with van der Waals surface area (Å²) in [6, 6.07) is 12.0. The average Bonchev–Trinajstić information content (AvgIpc) is 3.05. The smallest absolute Gasteiger partial charge is 0.206 e. The summed E-state index contributed by atoms with van der Waals surface area (Å²) in [7, 11) is 1.70. The van der Waals surface area contributed by atoms with Gasteiger partial charge in [0.1, 0.15) is 11.4 Å². The van der Waals surface area contributed by atoms with Crippen LogP contribution in [0.1, 0.15) is 11.1 Å². The van der Waals surface area contributed by atoms with E-state index in [1.54, 1.807) is 13.3 Å². The molecular formula is C17H18N4OS. The van der Waals surface area contributed by atoms with E-state index in [1.807, 2.05) is 24.3 Å². The van der Waals surface area contributed by atoms with Crippen molar-refractivity contribution >= 4 is 16.5 Å². The van der Waals surface area contributed by atoms with Gasteiger partial charge in [-0.15, -0.1) is 10.2 Å². The Labute approximate surface area is 139 Å². The van der Waals surface area contributed by atoms with Crippen LogP contribution in [-0.4, -0.2) is 28.8 Å². The van der Waals surface area contributed by atoms with Crippen LogP contribution >= 0.6 is 11.3 Å². The monoisotopic (exact) mass is 326 g/mol. The highest BCUT2D eigenvalue weighted by molar-refractivity contribution is 7.18. The van der Waals surface area contributed by atoms with Gasteiger partial charge in [0, 0.05) is 12.7 Å². The fourth-order valence-corrected chi connectivity index (χ4v) is 3.04. The first-order valence-electron chi connectivity index (χ1n) is 7.38. The van der Waals surface area contributed by atoms with Crippen molar-refractivity contribution < 1.29 is 4.74 Å². The van der Waals surface area contributed by atoms with Crippen molar-refractivity contribution in [3.63, 3.8) is 0 Å². The third-order valence-electron chi connectivity index (χ3n) is 3.42. The number of benzene rings is 1. The van der Waals surface area contributed by atoms with Gasteiger partial charge in [0.2, 0.25) is 5.13 Å². The third kappa shape index (κ3) is 3.84. The number of nitrogens with zero attached hydrogens (tertiary/aromatic N) is 3. The number of rotatable bonds is 6. The van der Waals surface area contributed by atoms with Crippen molar-refractivity contribution in [2.75, 3.05) is 19.0 Å². The van der Waals surface area contributed by atoms with E-state index in [0.717, 1.165) is 34.5 Å². The number of nitrogens with one attached hydrogen (secondary N) is 1. The van der Waals surface area contributed by atoms with Crippen molar-refractivity contribution in [3.05, 3.63) is 53.7 Å². The van der Waals surface area contributed by atoms with Crippen LogP contribution in [0.4, 0.5) is 5.13 Å². The van der Waals surface area contributed by atoms with E-state index >= 15 is 0 Å². The molecule has 1 aromatic carbocycles. The van der Waals surface area contributed by atoms with Gasteiger partial charge in [-0.05, 0) is 37.1 Å². The van der Waals surface area contributed by atoms with Gasteiger partial charge in [-0.1, -0.05) is 35.1 Å². The zero-order chi connectivity index (χ0) is 16.1. The van der Waals surface area contributed by atoms with Crippen molar-refractivity contribution in [1.82, 2.24) is 15.2 Å². The van der Waals surface area contributed by atoms with Gasteiger partial charge in [-0.25, -0.2) is 0 Å². The predicted molar refractivity (Wildman–Crippen MR) is 93.1 cm³/mol. The van der Waals surface area contributed by atoms with Gasteiger partial charge in [-0.2, -0.15) is 0 Å². The maximum absolute atomic E-state index is 5.40. The Bertz CT molecular complexity index is 773. The van der Waals surface area contributed by atoms with Gasteiger partial charge >= 0.3 is 0 Å². The van der Waals surface area contributed by atoms with Crippen LogP contribution in [0.3, 0.4) is 0 Å². The molecule has 0 fully saturated rings. The molecule has 118 valence electrons. The van der Waals surface area contributed by atoms with E-state index in [2.05, 4.69) is 39.6 Å². The number of ether oxygens (including phenoxy) is 1. The standard InChI is InChI=1S/C17H18N4OS/c1-12-6-7-15(22-2)13(11-12)8-10-19-17-21-20-16(23-17)14-5-3-4-9-18-14/h3-7,9,11H,8,10H2,1-2H3,(H,19,21). The Balaban J connectivity index is 1.62. The van der Waals surface area contributed by atoms with Gasteiger partial charge in [0.25, 0.3) is 0 Å². The topological polar surface area (TPSA) is 59.9 Å². The minimum absolute atomic E-state index is 0.774. The van der Waals surface area contributed by atoms with Gasteiger partial charge in [0.15, 0.2) is 5.01 Å². The quantitative estimate of drug-likeness (QED) is 0.750. The SMILES string of the molecule is COc1ccc(C)cc1CCNc1nnc(-c2ccccn2)s1. The number of aromatic nitrogens is 3. The third-order valence-corrected chi connectivity index (χ3v) is 4.32. The second-order valence-corrected chi connectivity index (χ2v) is 6.10. The van der Waals surface area contributed by atoms with E-state index < -0.39 is 0 Å². The van der Waals surface area contributed by atoms with Crippen molar-refractivity contribution in [3.8, 4) is 16.5 Å². The number of anilines is 1. The highest BCUT2D eigenvalue weighted by atomic mass is 32.1. The minimum Gasteiger partial charge on any atom is -0.496 e. The normalized spacial score (nSPS) is 10.5. The number of aryl methyl sites for hydroxylation is 1. The molecule has 23 heavy (non-hydrogen) atoms. The number of methoxy groups -OCH3 is 1. The lowest BCUT2D eigenvalue weighted by Gasteiger charge is -2.09. The minimum atomic E-state index is 0.774. The van der Waals surface area contributed by atoms with Crippen LogP contribution in [0, 0.1) is 6.92 Å². The first kappa shape index (κ1) is 15.4. The molecule has 0 atom stereocenters. The summed E-state index contributed by atoms with van der Waals surface area (Å²) in [6.07, 6.45) is 2.62. The van der Waals surface area contributed by atoms with Crippen molar-refractivity contribution in [1.29, 1.82) is 0 Å². The molecular weight excluding hydrogens is 308 g/mol. The summed E-state index contributed by atoms with van der Waals surface area (Å²) < 4.78 is 5.40. The van der Waals surface area contributed by atoms with Gasteiger partial charge in [-0.3, -0.25) is 4.98 Å².